The van der Waals surface area contributed by atoms with Gasteiger partial charge < -0.3 is 4.74 Å². The fraction of sp³-hybridized carbons (Fsp3) is 0.238. The number of benzene rings is 2. The predicted octanol–water partition coefficient (Wildman–Crippen LogP) is 3.47. The van der Waals surface area contributed by atoms with E-state index in [1.54, 1.807) is 0 Å². The van der Waals surface area contributed by atoms with Crippen LogP contribution >= 0.6 is 11.6 Å². The molecule has 1 N–H and O–H groups in total. The Labute approximate surface area is 180 Å². The normalized spacial score (nSPS) is 11.5. The van der Waals surface area contributed by atoms with Gasteiger partial charge in [-0.2, -0.15) is 5.10 Å². The maximum Gasteiger partial charge on any atom is 0.337 e. The molecule has 0 aliphatic heterocycles. The van der Waals surface area contributed by atoms with E-state index in [0.717, 1.165) is 22.5 Å². The number of carbonyl (C=O) groups is 1. The molecule has 0 fully saturated rings. The Morgan fingerprint density at radius 2 is 1.87 bits per heavy atom. The van der Waals surface area contributed by atoms with Gasteiger partial charge in [0.15, 0.2) is 0 Å². The van der Waals surface area contributed by atoms with Gasteiger partial charge >= 0.3 is 5.97 Å². The number of hydrogen-bond acceptors (Lipinski definition) is 5. The van der Waals surface area contributed by atoms with Crippen molar-refractivity contribution in [2.24, 2.45) is 0 Å². The summed E-state index contributed by atoms with van der Waals surface area (Å²) in [5.41, 5.74) is 4.01. The van der Waals surface area contributed by atoms with Gasteiger partial charge in [0.2, 0.25) is 10.0 Å². The average molecular weight is 448 g/mol. The number of hydrogen-bond donors (Lipinski definition) is 1. The molecule has 3 aromatic rings. The zero-order valence-corrected chi connectivity index (χ0v) is 18.4. The SMILES string of the molecule is COC(=O)c1ccc(S(=O)(=O)NCc2cccc(Cn3nc(C)cc3C)c2)c(Cl)c1. The molecule has 1 aromatic heterocycles. The number of ether oxygens (including phenoxy) is 1. The van der Waals surface area contributed by atoms with Crippen molar-refractivity contribution in [3.05, 3.63) is 81.6 Å². The molecule has 0 unspecified atom stereocenters. The number of halogens is 1. The molecule has 2 aromatic carbocycles. The van der Waals surface area contributed by atoms with Crippen LogP contribution in [0.2, 0.25) is 5.02 Å². The number of rotatable bonds is 7. The standard InChI is InChI=1S/C21H22ClN3O4S/c1-14-9-15(2)25(24-14)13-17-6-4-5-16(10-17)12-23-30(27,28)20-8-7-18(11-19(20)22)21(26)29-3/h4-11,23H,12-13H2,1-3H3. The first-order valence-electron chi connectivity index (χ1n) is 9.16. The van der Waals surface area contributed by atoms with Crippen molar-refractivity contribution in [2.75, 3.05) is 7.11 Å². The van der Waals surface area contributed by atoms with E-state index in [-0.39, 0.29) is 22.0 Å². The number of methoxy groups -OCH3 is 1. The molecule has 0 spiro atoms. The van der Waals surface area contributed by atoms with E-state index in [4.69, 9.17) is 11.6 Å². The van der Waals surface area contributed by atoms with Crippen molar-refractivity contribution in [2.45, 2.75) is 31.8 Å². The number of carbonyl (C=O) groups excluding carboxylic acids is 1. The molecule has 0 amide bonds. The number of nitrogens with zero attached hydrogens (tertiary/aromatic N) is 2. The van der Waals surface area contributed by atoms with Crippen molar-refractivity contribution in [1.82, 2.24) is 14.5 Å². The minimum Gasteiger partial charge on any atom is -0.465 e. The van der Waals surface area contributed by atoms with Gasteiger partial charge in [-0.15, -0.1) is 0 Å². The van der Waals surface area contributed by atoms with Gasteiger partial charge in [-0.05, 0) is 49.2 Å². The number of sulfonamides is 1. The van der Waals surface area contributed by atoms with Gasteiger partial charge in [0.25, 0.3) is 0 Å². The van der Waals surface area contributed by atoms with Crippen LogP contribution in [0.5, 0.6) is 0 Å². The van der Waals surface area contributed by atoms with E-state index in [0.29, 0.717) is 6.54 Å². The predicted molar refractivity (Wildman–Crippen MR) is 114 cm³/mol. The van der Waals surface area contributed by atoms with Crippen molar-refractivity contribution in [1.29, 1.82) is 0 Å². The summed E-state index contributed by atoms with van der Waals surface area (Å²) >= 11 is 6.09. The minimum absolute atomic E-state index is 0.0522. The highest BCUT2D eigenvalue weighted by Crippen LogP contribution is 2.23. The minimum atomic E-state index is -3.87. The molecule has 0 aliphatic carbocycles. The molecular formula is C21H22ClN3O4S. The van der Waals surface area contributed by atoms with E-state index in [9.17, 15) is 13.2 Å². The smallest absolute Gasteiger partial charge is 0.337 e. The topological polar surface area (TPSA) is 90.3 Å². The summed E-state index contributed by atoms with van der Waals surface area (Å²) in [5.74, 6) is -0.590. The van der Waals surface area contributed by atoms with Gasteiger partial charge in [0.1, 0.15) is 4.90 Å². The van der Waals surface area contributed by atoms with E-state index < -0.39 is 16.0 Å². The van der Waals surface area contributed by atoms with Gasteiger partial charge in [0.05, 0.1) is 29.9 Å². The summed E-state index contributed by atoms with van der Waals surface area (Å²) in [6.07, 6.45) is 0. The molecule has 0 atom stereocenters. The monoisotopic (exact) mass is 447 g/mol. The Bertz CT molecular complexity index is 1190. The Morgan fingerprint density at radius 3 is 2.50 bits per heavy atom. The maximum atomic E-state index is 12.7. The molecule has 158 valence electrons. The van der Waals surface area contributed by atoms with Gasteiger partial charge in [-0.3, -0.25) is 4.68 Å². The van der Waals surface area contributed by atoms with E-state index in [1.165, 1.54) is 25.3 Å². The Balaban J connectivity index is 1.73. The molecule has 0 radical (unpaired) electrons. The van der Waals surface area contributed by atoms with Crippen LogP contribution in [0, 0.1) is 13.8 Å². The van der Waals surface area contributed by atoms with Crippen LogP contribution in [-0.2, 0) is 27.8 Å². The number of nitrogens with one attached hydrogen (secondary N) is 1. The lowest BCUT2D eigenvalue weighted by Gasteiger charge is -2.11. The van der Waals surface area contributed by atoms with Crippen molar-refractivity contribution in [3.8, 4) is 0 Å². The van der Waals surface area contributed by atoms with Crippen LogP contribution in [0.3, 0.4) is 0 Å². The summed E-state index contributed by atoms with van der Waals surface area (Å²) in [6.45, 7) is 4.63. The number of aryl methyl sites for hydroxylation is 2. The summed E-state index contributed by atoms with van der Waals surface area (Å²) in [6, 6.07) is 13.6. The summed E-state index contributed by atoms with van der Waals surface area (Å²) in [4.78, 5) is 11.5. The summed E-state index contributed by atoms with van der Waals surface area (Å²) in [5, 5.41) is 4.40. The number of aromatic nitrogens is 2. The van der Waals surface area contributed by atoms with E-state index in [1.807, 2.05) is 48.9 Å². The maximum absolute atomic E-state index is 12.7. The highest BCUT2D eigenvalue weighted by Gasteiger charge is 2.19. The lowest BCUT2D eigenvalue weighted by atomic mass is 10.1. The van der Waals surface area contributed by atoms with Crippen LogP contribution in [0.25, 0.3) is 0 Å². The van der Waals surface area contributed by atoms with E-state index in [2.05, 4.69) is 14.6 Å². The highest BCUT2D eigenvalue weighted by atomic mass is 35.5. The van der Waals surface area contributed by atoms with Crippen LogP contribution in [0.1, 0.15) is 32.9 Å². The fourth-order valence-corrected chi connectivity index (χ4v) is 4.63. The third-order valence-corrected chi connectivity index (χ3v) is 6.42. The highest BCUT2D eigenvalue weighted by molar-refractivity contribution is 7.89. The van der Waals surface area contributed by atoms with Gasteiger partial charge in [0, 0.05) is 12.2 Å². The van der Waals surface area contributed by atoms with Gasteiger partial charge in [-0.25, -0.2) is 17.9 Å². The lowest BCUT2D eigenvalue weighted by Crippen LogP contribution is -2.23. The molecule has 7 nitrogen and oxygen atoms in total. The second-order valence-corrected chi connectivity index (χ2v) is 9.01. The Hall–Kier alpha value is -2.68. The third-order valence-electron chi connectivity index (χ3n) is 4.54. The average Bonchev–Trinajstić information content (AvgIpc) is 3.02. The number of esters is 1. The van der Waals surface area contributed by atoms with Crippen molar-refractivity contribution < 1.29 is 17.9 Å². The Morgan fingerprint density at radius 1 is 1.13 bits per heavy atom. The molecular weight excluding hydrogens is 426 g/mol. The fourth-order valence-electron chi connectivity index (χ4n) is 3.07. The third kappa shape index (κ3) is 5.08. The second kappa shape index (κ2) is 8.99. The Kier molecular flexibility index (Phi) is 6.60. The van der Waals surface area contributed by atoms with Gasteiger partial charge in [-0.1, -0.05) is 35.9 Å². The van der Waals surface area contributed by atoms with Crippen LogP contribution in [0.15, 0.2) is 53.4 Å². The van der Waals surface area contributed by atoms with Crippen LogP contribution < -0.4 is 4.72 Å². The molecule has 9 heteroatoms. The second-order valence-electron chi connectivity index (χ2n) is 6.87. The van der Waals surface area contributed by atoms with Crippen LogP contribution in [-0.4, -0.2) is 31.3 Å². The zero-order valence-electron chi connectivity index (χ0n) is 16.8. The molecule has 3 rings (SSSR count). The lowest BCUT2D eigenvalue weighted by molar-refractivity contribution is 0.0600. The molecule has 0 aliphatic rings. The summed E-state index contributed by atoms with van der Waals surface area (Å²) in [7, 11) is -2.62. The molecule has 1 heterocycles. The first kappa shape index (κ1) is 22.0. The molecule has 0 saturated heterocycles. The largest absolute Gasteiger partial charge is 0.465 e. The first-order chi connectivity index (χ1) is 14.2. The van der Waals surface area contributed by atoms with Crippen molar-refractivity contribution >= 4 is 27.6 Å². The summed E-state index contributed by atoms with van der Waals surface area (Å²) < 4.78 is 34.4. The first-order valence-corrected chi connectivity index (χ1v) is 11.0. The quantitative estimate of drug-likeness (QED) is 0.560. The van der Waals surface area contributed by atoms with Crippen LogP contribution in [0.4, 0.5) is 0 Å². The molecule has 0 saturated carbocycles. The van der Waals surface area contributed by atoms with E-state index >= 15 is 0 Å². The molecule has 0 bridgehead atoms. The molecule has 30 heavy (non-hydrogen) atoms. The zero-order chi connectivity index (χ0) is 21.9. The van der Waals surface area contributed by atoms with Crippen molar-refractivity contribution in [3.63, 3.8) is 0 Å².